The summed E-state index contributed by atoms with van der Waals surface area (Å²) in [4.78, 5) is 25.9. The molecule has 0 bridgehead atoms. The molecule has 1 atom stereocenters. The Morgan fingerprint density at radius 3 is 2.46 bits per heavy atom. The van der Waals surface area contributed by atoms with Gasteiger partial charge < -0.3 is 9.84 Å². The molecule has 2 aromatic rings. The highest BCUT2D eigenvalue weighted by Gasteiger charge is 2.38. The van der Waals surface area contributed by atoms with E-state index in [0.29, 0.717) is 11.8 Å². The van der Waals surface area contributed by atoms with E-state index in [1.54, 1.807) is 6.07 Å². The first kappa shape index (κ1) is 18.0. The molecule has 1 aromatic heterocycles. The highest BCUT2D eigenvalue weighted by atomic mass is 19.1. The lowest BCUT2D eigenvalue weighted by atomic mass is 9.93. The van der Waals surface area contributed by atoms with Crippen molar-refractivity contribution in [2.24, 2.45) is 0 Å². The van der Waals surface area contributed by atoms with E-state index in [1.807, 2.05) is 20.8 Å². The lowest BCUT2D eigenvalue weighted by molar-refractivity contribution is -0.120. The third-order valence-corrected chi connectivity index (χ3v) is 4.14. The largest absolute Gasteiger partial charge is 0.359 e. The van der Waals surface area contributed by atoms with Crippen LogP contribution in [-0.2, 0) is 15.0 Å². The van der Waals surface area contributed by atoms with Gasteiger partial charge in [-0.2, -0.15) is 0 Å². The summed E-state index contributed by atoms with van der Waals surface area (Å²) in [6.45, 7) is 5.82. The number of nitrogens with one attached hydrogen (secondary N) is 1. The highest BCUT2D eigenvalue weighted by molar-refractivity contribution is 6.07. The lowest BCUT2D eigenvalue weighted by Crippen LogP contribution is -2.42. The molecule has 0 saturated carbocycles. The monoisotopic (exact) mass is 363 g/mol. The van der Waals surface area contributed by atoms with Crippen LogP contribution in [-0.4, -0.2) is 23.0 Å². The summed E-state index contributed by atoms with van der Waals surface area (Å²) in [5.74, 6) is -1.67. The molecule has 2 amide bonds. The Hall–Kier alpha value is -2.77. The number of rotatable bonds is 3. The summed E-state index contributed by atoms with van der Waals surface area (Å²) in [6, 6.07) is 3.50. The van der Waals surface area contributed by atoms with Crippen LogP contribution >= 0.6 is 0 Å². The number of hydrogen-bond acceptors (Lipinski definition) is 4. The molecule has 1 fully saturated rings. The summed E-state index contributed by atoms with van der Waals surface area (Å²) < 4.78 is 32.2. The average Bonchev–Trinajstić information content (AvgIpc) is 3.12. The van der Waals surface area contributed by atoms with E-state index < -0.39 is 23.6 Å². The minimum atomic E-state index is -0.876. The summed E-state index contributed by atoms with van der Waals surface area (Å²) in [5.41, 5.74) is -0.259. The Kier molecular flexibility index (Phi) is 4.52. The van der Waals surface area contributed by atoms with Crippen LogP contribution in [0, 0.1) is 11.6 Å². The van der Waals surface area contributed by atoms with Gasteiger partial charge in [0, 0.05) is 24.0 Å². The number of aromatic nitrogens is 1. The van der Waals surface area contributed by atoms with Crippen LogP contribution in [0.5, 0.6) is 0 Å². The summed E-state index contributed by atoms with van der Waals surface area (Å²) in [7, 11) is 0. The minimum Gasteiger partial charge on any atom is -0.359 e. The first-order valence-electron chi connectivity index (χ1n) is 8.21. The fraction of sp³-hybridized carbons (Fsp3) is 0.389. The molecule has 26 heavy (non-hydrogen) atoms. The standard InChI is InChI=1S/C18H19F2N3O3/c1-18(2,3)14-9-15(22-26-14)21-17(25)13-4-5-16(24)23(13)12-7-10(19)6-11(20)8-12/h6-9,13H,4-5H2,1-3H3,(H,21,22,25)/t13-/m0/s1. The van der Waals surface area contributed by atoms with Crippen LogP contribution in [0.3, 0.4) is 0 Å². The van der Waals surface area contributed by atoms with Crippen molar-refractivity contribution in [3.63, 3.8) is 0 Å². The number of benzene rings is 1. The van der Waals surface area contributed by atoms with Gasteiger partial charge in [-0.15, -0.1) is 0 Å². The van der Waals surface area contributed by atoms with Gasteiger partial charge in [-0.05, 0) is 18.6 Å². The highest BCUT2D eigenvalue weighted by Crippen LogP contribution is 2.29. The van der Waals surface area contributed by atoms with Gasteiger partial charge in [0.1, 0.15) is 23.4 Å². The molecule has 1 aliphatic rings. The van der Waals surface area contributed by atoms with E-state index in [-0.39, 0.29) is 35.7 Å². The molecule has 1 aliphatic heterocycles. The molecular weight excluding hydrogens is 344 g/mol. The molecule has 0 aliphatic carbocycles. The zero-order valence-electron chi connectivity index (χ0n) is 14.7. The normalized spacial score (nSPS) is 17.7. The van der Waals surface area contributed by atoms with Crippen molar-refractivity contribution in [2.45, 2.75) is 45.1 Å². The molecule has 8 heteroatoms. The molecule has 0 radical (unpaired) electrons. The maximum atomic E-state index is 13.5. The second-order valence-electron chi connectivity index (χ2n) is 7.26. The maximum Gasteiger partial charge on any atom is 0.248 e. The predicted molar refractivity (Wildman–Crippen MR) is 90.7 cm³/mol. The first-order chi connectivity index (χ1) is 12.1. The zero-order chi connectivity index (χ0) is 19.1. The third-order valence-electron chi connectivity index (χ3n) is 4.14. The maximum absolute atomic E-state index is 13.5. The molecule has 1 aromatic carbocycles. The molecule has 1 N–H and O–H groups in total. The Balaban J connectivity index is 1.81. The Morgan fingerprint density at radius 2 is 1.88 bits per heavy atom. The van der Waals surface area contributed by atoms with Gasteiger partial charge in [0.25, 0.3) is 0 Å². The second-order valence-corrected chi connectivity index (χ2v) is 7.26. The smallest absolute Gasteiger partial charge is 0.248 e. The van der Waals surface area contributed by atoms with Gasteiger partial charge in [0.2, 0.25) is 11.8 Å². The summed E-state index contributed by atoms with van der Waals surface area (Å²) >= 11 is 0. The van der Waals surface area contributed by atoms with E-state index in [9.17, 15) is 18.4 Å². The third kappa shape index (κ3) is 3.58. The number of amides is 2. The molecule has 0 spiro atoms. The van der Waals surface area contributed by atoms with Crippen molar-refractivity contribution in [1.29, 1.82) is 0 Å². The van der Waals surface area contributed by atoms with E-state index in [2.05, 4.69) is 10.5 Å². The van der Waals surface area contributed by atoms with Crippen LogP contribution in [0.25, 0.3) is 0 Å². The number of carbonyl (C=O) groups is 2. The van der Waals surface area contributed by atoms with Crippen LogP contribution in [0.2, 0.25) is 0 Å². The molecule has 0 unspecified atom stereocenters. The van der Waals surface area contributed by atoms with Crippen molar-refractivity contribution in [2.75, 3.05) is 10.2 Å². The van der Waals surface area contributed by atoms with Crippen molar-refractivity contribution in [1.82, 2.24) is 5.16 Å². The van der Waals surface area contributed by atoms with Gasteiger partial charge in [-0.1, -0.05) is 25.9 Å². The molecule has 2 heterocycles. The molecule has 1 saturated heterocycles. The van der Waals surface area contributed by atoms with Crippen molar-refractivity contribution in [3.8, 4) is 0 Å². The molecular formula is C18H19F2N3O3. The van der Waals surface area contributed by atoms with Gasteiger partial charge in [-0.25, -0.2) is 8.78 Å². The van der Waals surface area contributed by atoms with Crippen LogP contribution in [0.15, 0.2) is 28.8 Å². The number of halogens is 2. The molecule has 6 nitrogen and oxygen atoms in total. The minimum absolute atomic E-state index is 0.0145. The van der Waals surface area contributed by atoms with Gasteiger partial charge in [-0.3, -0.25) is 14.5 Å². The van der Waals surface area contributed by atoms with Crippen LogP contribution < -0.4 is 10.2 Å². The predicted octanol–water partition coefficient (Wildman–Crippen LogP) is 3.38. The Bertz CT molecular complexity index is 837. The topological polar surface area (TPSA) is 75.4 Å². The lowest BCUT2D eigenvalue weighted by Gasteiger charge is -2.23. The van der Waals surface area contributed by atoms with E-state index >= 15 is 0 Å². The number of nitrogens with zero attached hydrogens (tertiary/aromatic N) is 2. The average molecular weight is 363 g/mol. The van der Waals surface area contributed by atoms with Crippen LogP contribution in [0.1, 0.15) is 39.4 Å². The Morgan fingerprint density at radius 1 is 1.23 bits per heavy atom. The fourth-order valence-corrected chi connectivity index (χ4v) is 2.83. The number of hydrogen-bond donors (Lipinski definition) is 1. The van der Waals surface area contributed by atoms with Crippen molar-refractivity contribution in [3.05, 3.63) is 41.7 Å². The fourth-order valence-electron chi connectivity index (χ4n) is 2.83. The van der Waals surface area contributed by atoms with Crippen molar-refractivity contribution < 1.29 is 22.9 Å². The van der Waals surface area contributed by atoms with Crippen LogP contribution in [0.4, 0.5) is 20.3 Å². The number of carbonyl (C=O) groups excluding carboxylic acids is 2. The molecule has 138 valence electrons. The summed E-state index contributed by atoms with van der Waals surface area (Å²) in [5, 5.41) is 6.41. The van der Waals surface area contributed by atoms with E-state index in [1.165, 1.54) is 0 Å². The van der Waals surface area contributed by atoms with E-state index in [0.717, 1.165) is 17.0 Å². The number of anilines is 2. The SMILES string of the molecule is CC(C)(C)c1cc(NC(=O)[C@@H]2CCC(=O)N2c2cc(F)cc(F)c2)no1. The second kappa shape index (κ2) is 6.51. The zero-order valence-corrected chi connectivity index (χ0v) is 14.7. The van der Waals surface area contributed by atoms with Gasteiger partial charge >= 0.3 is 0 Å². The van der Waals surface area contributed by atoms with Gasteiger partial charge in [0.15, 0.2) is 5.82 Å². The van der Waals surface area contributed by atoms with E-state index in [4.69, 9.17) is 4.52 Å². The summed E-state index contributed by atoms with van der Waals surface area (Å²) in [6.07, 6.45) is 0.356. The van der Waals surface area contributed by atoms with Crippen molar-refractivity contribution >= 4 is 23.3 Å². The van der Waals surface area contributed by atoms with Gasteiger partial charge in [0.05, 0.1) is 5.69 Å². The quantitative estimate of drug-likeness (QED) is 0.907. The molecule has 3 rings (SSSR count). The first-order valence-corrected chi connectivity index (χ1v) is 8.21. The Labute approximate surface area is 149 Å².